The highest BCUT2D eigenvalue weighted by Gasteiger charge is 2.13. The van der Waals surface area contributed by atoms with Crippen LogP contribution in [-0.4, -0.2) is 0 Å². The lowest BCUT2D eigenvalue weighted by Crippen LogP contribution is -2.22. The Labute approximate surface area is 122 Å². The van der Waals surface area contributed by atoms with Crippen LogP contribution in [0, 0.1) is 11.6 Å². The lowest BCUT2D eigenvalue weighted by Gasteiger charge is -2.21. The summed E-state index contributed by atoms with van der Waals surface area (Å²) in [6.45, 7) is 3.93. The van der Waals surface area contributed by atoms with E-state index in [9.17, 15) is 8.78 Å². The Morgan fingerprint density at radius 1 is 0.850 bits per heavy atom. The highest BCUT2D eigenvalue weighted by molar-refractivity contribution is 6.30. The van der Waals surface area contributed by atoms with E-state index in [2.05, 4.69) is 5.32 Å². The summed E-state index contributed by atoms with van der Waals surface area (Å²) in [5, 5.41) is 4.04. The lowest BCUT2D eigenvalue weighted by atomic mass is 10.0. The Morgan fingerprint density at radius 2 is 1.40 bits per heavy atom. The monoisotopic (exact) mass is 295 g/mol. The minimum Gasteiger partial charge on any atom is -0.304 e. The van der Waals surface area contributed by atoms with Gasteiger partial charge in [-0.25, -0.2) is 8.78 Å². The molecule has 0 aromatic heterocycles. The molecule has 0 saturated carbocycles. The van der Waals surface area contributed by atoms with Crippen molar-refractivity contribution in [3.8, 4) is 0 Å². The summed E-state index contributed by atoms with van der Waals surface area (Å²) >= 11 is 5.85. The van der Waals surface area contributed by atoms with Gasteiger partial charge in [-0.3, -0.25) is 0 Å². The molecule has 1 N–H and O–H groups in total. The second kappa shape index (κ2) is 6.33. The third-order valence-corrected chi connectivity index (χ3v) is 3.57. The van der Waals surface area contributed by atoms with Crippen molar-refractivity contribution < 1.29 is 8.78 Å². The van der Waals surface area contributed by atoms with Crippen LogP contribution in [0.1, 0.15) is 37.1 Å². The zero-order chi connectivity index (χ0) is 14.7. The van der Waals surface area contributed by atoms with E-state index in [0.29, 0.717) is 10.6 Å². The van der Waals surface area contributed by atoms with E-state index >= 15 is 0 Å². The van der Waals surface area contributed by atoms with Crippen LogP contribution in [0.5, 0.6) is 0 Å². The van der Waals surface area contributed by atoms with Crippen molar-refractivity contribution >= 4 is 11.6 Å². The fraction of sp³-hybridized carbons (Fsp3) is 0.250. The molecule has 2 rings (SSSR count). The van der Waals surface area contributed by atoms with Crippen LogP contribution in [-0.2, 0) is 0 Å². The van der Waals surface area contributed by atoms with E-state index in [4.69, 9.17) is 11.6 Å². The second-order valence-corrected chi connectivity index (χ2v) is 5.27. The number of hydrogen-bond donors (Lipinski definition) is 1. The Balaban J connectivity index is 2.08. The maximum atomic E-state index is 13.2. The molecule has 0 amide bonds. The maximum absolute atomic E-state index is 13.2. The molecule has 4 heteroatoms. The third kappa shape index (κ3) is 3.56. The normalized spacial score (nSPS) is 14.1. The Bertz CT molecular complexity index is 584. The van der Waals surface area contributed by atoms with Crippen LogP contribution < -0.4 is 5.32 Å². The van der Waals surface area contributed by atoms with Crippen molar-refractivity contribution in [1.29, 1.82) is 0 Å². The zero-order valence-electron chi connectivity index (χ0n) is 11.3. The number of benzene rings is 2. The molecule has 0 aliphatic carbocycles. The van der Waals surface area contributed by atoms with Crippen molar-refractivity contribution in [2.24, 2.45) is 0 Å². The van der Waals surface area contributed by atoms with Crippen LogP contribution in [0.4, 0.5) is 8.78 Å². The molecule has 0 aliphatic heterocycles. The molecule has 0 fully saturated rings. The minimum absolute atomic E-state index is 0.0791. The van der Waals surface area contributed by atoms with E-state index < -0.39 is 11.6 Å². The Morgan fingerprint density at radius 3 is 2.00 bits per heavy atom. The van der Waals surface area contributed by atoms with Gasteiger partial charge in [0.2, 0.25) is 0 Å². The first-order valence-corrected chi connectivity index (χ1v) is 6.81. The highest BCUT2D eigenvalue weighted by Crippen LogP contribution is 2.22. The summed E-state index contributed by atoms with van der Waals surface area (Å²) in [5.74, 6) is -1.65. The predicted molar refractivity (Wildman–Crippen MR) is 77.8 cm³/mol. The second-order valence-electron chi connectivity index (χ2n) is 4.84. The van der Waals surface area contributed by atoms with Gasteiger partial charge in [0.1, 0.15) is 0 Å². The van der Waals surface area contributed by atoms with Crippen molar-refractivity contribution in [2.75, 3.05) is 0 Å². The Kier molecular flexibility index (Phi) is 4.73. The van der Waals surface area contributed by atoms with Crippen molar-refractivity contribution in [3.63, 3.8) is 0 Å². The molecule has 1 nitrogen and oxygen atoms in total. The molecule has 0 spiro atoms. The van der Waals surface area contributed by atoms with E-state index in [-0.39, 0.29) is 12.1 Å². The molecule has 0 saturated heterocycles. The van der Waals surface area contributed by atoms with Gasteiger partial charge in [0.05, 0.1) is 0 Å². The van der Waals surface area contributed by atoms with Gasteiger partial charge < -0.3 is 5.32 Å². The van der Waals surface area contributed by atoms with Crippen LogP contribution >= 0.6 is 11.6 Å². The average Bonchev–Trinajstić information content (AvgIpc) is 2.42. The van der Waals surface area contributed by atoms with Gasteiger partial charge in [-0.05, 0) is 49.2 Å². The molecule has 2 atom stereocenters. The summed E-state index contributed by atoms with van der Waals surface area (Å²) in [6.07, 6.45) is 0. The fourth-order valence-corrected chi connectivity index (χ4v) is 2.23. The number of hydrogen-bond acceptors (Lipinski definition) is 1. The van der Waals surface area contributed by atoms with Crippen molar-refractivity contribution in [1.82, 2.24) is 5.32 Å². The van der Waals surface area contributed by atoms with Crippen LogP contribution in [0.3, 0.4) is 0 Å². The molecule has 2 aromatic rings. The van der Waals surface area contributed by atoms with Gasteiger partial charge in [0.25, 0.3) is 0 Å². The lowest BCUT2D eigenvalue weighted by molar-refractivity contribution is 0.480. The summed E-state index contributed by atoms with van der Waals surface area (Å²) < 4.78 is 26.1. The number of rotatable bonds is 4. The molecular formula is C16H16ClF2N. The first-order valence-electron chi connectivity index (χ1n) is 6.44. The molecule has 0 aliphatic rings. The standard InChI is InChI=1S/C16H16ClF2N/c1-10(12-3-6-14(17)7-4-12)20-11(2)13-5-8-15(18)16(19)9-13/h3-11,20H,1-2H3. The highest BCUT2D eigenvalue weighted by atomic mass is 35.5. The van der Waals surface area contributed by atoms with Gasteiger partial charge in [0, 0.05) is 17.1 Å². The van der Waals surface area contributed by atoms with Gasteiger partial charge >= 0.3 is 0 Å². The zero-order valence-corrected chi connectivity index (χ0v) is 12.1. The van der Waals surface area contributed by atoms with Crippen LogP contribution in [0.15, 0.2) is 42.5 Å². The van der Waals surface area contributed by atoms with Crippen LogP contribution in [0.2, 0.25) is 5.02 Å². The number of halogens is 3. The van der Waals surface area contributed by atoms with E-state index in [0.717, 1.165) is 11.6 Å². The van der Waals surface area contributed by atoms with Gasteiger partial charge in [-0.1, -0.05) is 29.8 Å². The van der Waals surface area contributed by atoms with Gasteiger partial charge in [0.15, 0.2) is 11.6 Å². The fourth-order valence-electron chi connectivity index (χ4n) is 2.10. The molecule has 0 bridgehead atoms. The summed E-state index contributed by atoms with van der Waals surface area (Å²) in [6, 6.07) is 11.5. The molecule has 0 heterocycles. The average molecular weight is 296 g/mol. The van der Waals surface area contributed by atoms with Crippen molar-refractivity contribution in [3.05, 3.63) is 70.2 Å². The SMILES string of the molecule is CC(NC(C)c1ccc(F)c(F)c1)c1ccc(Cl)cc1. The van der Waals surface area contributed by atoms with Gasteiger partial charge in [-0.2, -0.15) is 0 Å². The molecule has 0 radical (unpaired) electrons. The first kappa shape index (κ1) is 14.9. The summed E-state index contributed by atoms with van der Waals surface area (Å²) in [7, 11) is 0. The van der Waals surface area contributed by atoms with E-state index in [1.54, 1.807) is 6.07 Å². The van der Waals surface area contributed by atoms with Gasteiger partial charge in [-0.15, -0.1) is 0 Å². The quantitative estimate of drug-likeness (QED) is 0.834. The minimum atomic E-state index is -0.827. The topological polar surface area (TPSA) is 12.0 Å². The molecule has 20 heavy (non-hydrogen) atoms. The molecule has 2 unspecified atom stereocenters. The van der Waals surface area contributed by atoms with E-state index in [1.807, 2.05) is 38.1 Å². The molecule has 106 valence electrons. The summed E-state index contributed by atoms with van der Waals surface area (Å²) in [5.41, 5.74) is 1.80. The van der Waals surface area contributed by atoms with E-state index in [1.165, 1.54) is 6.07 Å². The largest absolute Gasteiger partial charge is 0.304 e. The predicted octanol–water partition coefficient (Wildman–Crippen LogP) is 5.03. The van der Waals surface area contributed by atoms with Crippen molar-refractivity contribution in [2.45, 2.75) is 25.9 Å². The smallest absolute Gasteiger partial charge is 0.159 e. The maximum Gasteiger partial charge on any atom is 0.159 e. The molecular weight excluding hydrogens is 280 g/mol. The first-order chi connectivity index (χ1) is 9.47. The van der Waals surface area contributed by atoms with Crippen LogP contribution in [0.25, 0.3) is 0 Å². The molecule has 2 aromatic carbocycles. The third-order valence-electron chi connectivity index (χ3n) is 3.31. The number of nitrogens with one attached hydrogen (secondary N) is 1. The summed E-state index contributed by atoms with van der Waals surface area (Å²) in [4.78, 5) is 0. The Hall–Kier alpha value is -1.45.